The van der Waals surface area contributed by atoms with E-state index in [2.05, 4.69) is 15.2 Å². The zero-order valence-electron chi connectivity index (χ0n) is 13.2. The third kappa shape index (κ3) is 4.19. The van der Waals surface area contributed by atoms with Gasteiger partial charge in [0.2, 0.25) is 5.91 Å². The van der Waals surface area contributed by atoms with Gasteiger partial charge < -0.3 is 25.4 Å². The van der Waals surface area contributed by atoms with Crippen LogP contribution < -0.4 is 16.0 Å². The third-order valence-corrected chi connectivity index (χ3v) is 4.45. The molecule has 2 saturated heterocycles. The van der Waals surface area contributed by atoms with Gasteiger partial charge in [0, 0.05) is 26.3 Å². The molecule has 3 N–H and O–H groups in total. The van der Waals surface area contributed by atoms with E-state index in [0.29, 0.717) is 19.0 Å². The van der Waals surface area contributed by atoms with Crippen molar-refractivity contribution in [1.82, 2.24) is 4.98 Å². The summed E-state index contributed by atoms with van der Waals surface area (Å²) in [5.41, 5.74) is 7.11. The van der Waals surface area contributed by atoms with Gasteiger partial charge in [0.25, 0.3) is 0 Å². The van der Waals surface area contributed by atoms with Crippen LogP contribution in [-0.2, 0) is 14.3 Å². The summed E-state index contributed by atoms with van der Waals surface area (Å²) < 4.78 is 10.6. The van der Waals surface area contributed by atoms with E-state index < -0.39 is 6.04 Å². The number of nitrogens with zero attached hydrogens (tertiary/aromatic N) is 2. The Morgan fingerprint density at radius 3 is 2.57 bits per heavy atom. The molecule has 1 aromatic rings. The van der Waals surface area contributed by atoms with Gasteiger partial charge in [-0.1, -0.05) is 0 Å². The zero-order valence-corrected chi connectivity index (χ0v) is 13.2. The fraction of sp³-hybridized carbons (Fsp3) is 0.625. The van der Waals surface area contributed by atoms with E-state index in [-0.39, 0.29) is 11.8 Å². The summed E-state index contributed by atoms with van der Waals surface area (Å²) in [7, 11) is 0. The van der Waals surface area contributed by atoms with E-state index in [4.69, 9.17) is 15.2 Å². The monoisotopic (exact) mass is 320 g/mol. The number of pyridine rings is 1. The standard InChI is InChI=1S/C16H24N4O3/c17-15(12-3-7-22-8-4-12)16(21)19-14-2-1-13(11-18-14)20-5-9-23-10-6-20/h1-2,11-12,15H,3-10,17H2,(H,18,19,21). The molecule has 2 fully saturated rings. The number of carbonyl (C=O) groups excluding carboxylic acids is 1. The summed E-state index contributed by atoms with van der Waals surface area (Å²) in [5.74, 6) is 0.536. The first kappa shape index (κ1) is 16.2. The van der Waals surface area contributed by atoms with E-state index >= 15 is 0 Å². The molecule has 1 aromatic heterocycles. The summed E-state index contributed by atoms with van der Waals surface area (Å²) in [5, 5.41) is 2.81. The first-order chi connectivity index (χ1) is 11.2. The van der Waals surface area contributed by atoms with E-state index in [0.717, 1.165) is 44.8 Å². The second-order valence-electron chi connectivity index (χ2n) is 5.97. The fourth-order valence-corrected chi connectivity index (χ4v) is 2.97. The van der Waals surface area contributed by atoms with Crippen molar-refractivity contribution in [2.75, 3.05) is 49.7 Å². The number of hydrogen-bond donors (Lipinski definition) is 2. The molecular weight excluding hydrogens is 296 g/mol. The minimum absolute atomic E-state index is 0.177. The van der Waals surface area contributed by atoms with Crippen LogP contribution in [0.5, 0.6) is 0 Å². The molecular formula is C16H24N4O3. The summed E-state index contributed by atoms with van der Waals surface area (Å²) in [6.07, 6.45) is 3.44. The topological polar surface area (TPSA) is 89.7 Å². The van der Waals surface area contributed by atoms with Crippen molar-refractivity contribution in [3.05, 3.63) is 18.3 Å². The predicted molar refractivity (Wildman–Crippen MR) is 87.4 cm³/mol. The number of hydrogen-bond acceptors (Lipinski definition) is 6. The number of nitrogens with two attached hydrogens (primary N) is 1. The molecule has 0 bridgehead atoms. The normalized spacial score (nSPS) is 21.0. The van der Waals surface area contributed by atoms with Crippen LogP contribution in [-0.4, -0.2) is 56.5 Å². The van der Waals surface area contributed by atoms with Crippen molar-refractivity contribution in [3.8, 4) is 0 Å². The highest BCUT2D eigenvalue weighted by molar-refractivity contribution is 5.94. The Morgan fingerprint density at radius 1 is 1.22 bits per heavy atom. The van der Waals surface area contributed by atoms with Gasteiger partial charge in [-0.25, -0.2) is 4.98 Å². The maximum atomic E-state index is 12.3. The Morgan fingerprint density at radius 2 is 1.91 bits per heavy atom. The zero-order chi connectivity index (χ0) is 16.1. The van der Waals surface area contributed by atoms with Gasteiger partial charge in [0.15, 0.2) is 0 Å². The highest BCUT2D eigenvalue weighted by atomic mass is 16.5. The number of ether oxygens (including phenoxy) is 2. The van der Waals surface area contributed by atoms with Crippen LogP contribution in [0.25, 0.3) is 0 Å². The molecule has 0 aliphatic carbocycles. The van der Waals surface area contributed by atoms with Crippen LogP contribution in [0.2, 0.25) is 0 Å². The molecule has 7 heteroatoms. The second-order valence-corrected chi connectivity index (χ2v) is 5.97. The maximum absolute atomic E-state index is 12.3. The molecule has 7 nitrogen and oxygen atoms in total. The molecule has 3 rings (SSSR count). The number of amides is 1. The Bertz CT molecular complexity index is 511. The summed E-state index contributed by atoms with van der Waals surface area (Å²) in [4.78, 5) is 18.8. The first-order valence-electron chi connectivity index (χ1n) is 8.17. The summed E-state index contributed by atoms with van der Waals surface area (Å²) in [6.45, 7) is 4.55. The van der Waals surface area contributed by atoms with Gasteiger partial charge >= 0.3 is 0 Å². The summed E-state index contributed by atoms with van der Waals surface area (Å²) >= 11 is 0. The number of morpholine rings is 1. The molecule has 1 amide bonds. The van der Waals surface area contributed by atoms with Crippen LogP contribution in [0, 0.1) is 5.92 Å². The number of carbonyl (C=O) groups is 1. The van der Waals surface area contributed by atoms with E-state index in [1.54, 1.807) is 6.20 Å². The molecule has 23 heavy (non-hydrogen) atoms. The molecule has 1 unspecified atom stereocenters. The molecule has 0 spiro atoms. The molecule has 126 valence electrons. The quantitative estimate of drug-likeness (QED) is 0.845. The van der Waals surface area contributed by atoms with Crippen molar-refractivity contribution in [2.24, 2.45) is 11.7 Å². The number of anilines is 2. The van der Waals surface area contributed by atoms with Gasteiger partial charge in [-0.2, -0.15) is 0 Å². The van der Waals surface area contributed by atoms with E-state index in [9.17, 15) is 4.79 Å². The molecule has 0 radical (unpaired) electrons. The predicted octanol–water partition coefficient (Wildman–Crippen LogP) is 0.611. The molecule has 1 atom stereocenters. The van der Waals surface area contributed by atoms with Gasteiger partial charge in [-0.05, 0) is 30.9 Å². The average Bonchev–Trinajstić information content (AvgIpc) is 2.63. The summed E-state index contributed by atoms with van der Waals surface area (Å²) in [6, 6.07) is 3.27. The van der Waals surface area contributed by atoms with Crippen LogP contribution in [0.15, 0.2) is 18.3 Å². The van der Waals surface area contributed by atoms with Crippen molar-refractivity contribution < 1.29 is 14.3 Å². The van der Waals surface area contributed by atoms with Gasteiger partial charge in [-0.3, -0.25) is 4.79 Å². The SMILES string of the molecule is NC(C(=O)Nc1ccc(N2CCOCC2)cn1)C1CCOCC1. The molecule has 0 aromatic carbocycles. The van der Waals surface area contributed by atoms with Crippen molar-refractivity contribution in [2.45, 2.75) is 18.9 Å². The van der Waals surface area contributed by atoms with Crippen LogP contribution in [0.1, 0.15) is 12.8 Å². The van der Waals surface area contributed by atoms with Gasteiger partial charge in [0.1, 0.15) is 5.82 Å². The Kier molecular flexibility index (Phi) is 5.43. The minimum Gasteiger partial charge on any atom is -0.381 e. The molecule has 2 aliphatic heterocycles. The average molecular weight is 320 g/mol. The van der Waals surface area contributed by atoms with Crippen molar-refractivity contribution in [1.29, 1.82) is 0 Å². The Labute approximate surface area is 136 Å². The van der Waals surface area contributed by atoms with E-state index in [1.165, 1.54) is 0 Å². The van der Waals surface area contributed by atoms with Crippen LogP contribution in [0.4, 0.5) is 11.5 Å². The second kappa shape index (κ2) is 7.72. The number of rotatable bonds is 4. The lowest BCUT2D eigenvalue weighted by molar-refractivity contribution is -0.119. The lowest BCUT2D eigenvalue weighted by Gasteiger charge is -2.28. The van der Waals surface area contributed by atoms with Gasteiger partial charge in [-0.15, -0.1) is 0 Å². The van der Waals surface area contributed by atoms with E-state index in [1.807, 2.05) is 12.1 Å². The third-order valence-electron chi connectivity index (χ3n) is 4.45. The number of nitrogens with one attached hydrogen (secondary N) is 1. The largest absolute Gasteiger partial charge is 0.381 e. The molecule has 3 heterocycles. The number of aromatic nitrogens is 1. The molecule has 0 saturated carbocycles. The lowest BCUT2D eigenvalue weighted by atomic mass is 9.92. The molecule has 2 aliphatic rings. The lowest BCUT2D eigenvalue weighted by Crippen LogP contribution is -2.44. The van der Waals surface area contributed by atoms with Crippen LogP contribution >= 0.6 is 0 Å². The minimum atomic E-state index is -0.514. The van der Waals surface area contributed by atoms with Crippen LogP contribution in [0.3, 0.4) is 0 Å². The first-order valence-corrected chi connectivity index (χ1v) is 8.17. The highest BCUT2D eigenvalue weighted by Gasteiger charge is 2.26. The van der Waals surface area contributed by atoms with Crippen molar-refractivity contribution in [3.63, 3.8) is 0 Å². The smallest absolute Gasteiger partial charge is 0.242 e. The maximum Gasteiger partial charge on any atom is 0.242 e. The van der Waals surface area contributed by atoms with Gasteiger partial charge in [0.05, 0.1) is 31.1 Å². The fourth-order valence-electron chi connectivity index (χ4n) is 2.97. The van der Waals surface area contributed by atoms with Crippen molar-refractivity contribution >= 4 is 17.4 Å². The Balaban J connectivity index is 1.55. The highest BCUT2D eigenvalue weighted by Crippen LogP contribution is 2.20. The Hall–Kier alpha value is -1.70.